The minimum Gasteiger partial charge on any atom is -0.354 e. The fourth-order valence-electron chi connectivity index (χ4n) is 2.43. The summed E-state index contributed by atoms with van der Waals surface area (Å²) in [5.74, 6) is -0.817. The molecule has 0 aliphatic rings. The van der Waals surface area contributed by atoms with Gasteiger partial charge in [-0.25, -0.2) is 4.39 Å². The topological polar surface area (TPSA) is 58.2 Å². The van der Waals surface area contributed by atoms with Crippen LogP contribution in [0.15, 0.2) is 42.5 Å². The zero-order chi connectivity index (χ0) is 18.2. The summed E-state index contributed by atoms with van der Waals surface area (Å²) in [4.78, 5) is 23.7. The van der Waals surface area contributed by atoms with E-state index in [9.17, 15) is 14.0 Å². The van der Waals surface area contributed by atoms with E-state index in [1.165, 1.54) is 11.6 Å². The van der Waals surface area contributed by atoms with Crippen LogP contribution in [0.25, 0.3) is 0 Å². The number of benzene rings is 2. The van der Waals surface area contributed by atoms with E-state index in [1.54, 1.807) is 19.1 Å². The summed E-state index contributed by atoms with van der Waals surface area (Å²) < 4.78 is 13.4. The molecule has 0 fully saturated rings. The molecular formula is C20H23FN2O2. The van der Waals surface area contributed by atoms with Crippen LogP contribution in [-0.2, 0) is 11.2 Å². The highest BCUT2D eigenvalue weighted by Gasteiger charge is 2.08. The first kappa shape index (κ1) is 18.6. The standard InChI is InChI=1S/C20H23FN2O2/c1-14-4-3-5-16(12-14)7-9-19(24)22-10-11-23-20(25)17-8-6-15(2)18(21)13-17/h3-6,8,12-13H,7,9-11H2,1-2H3,(H,22,24)(H,23,25). The van der Waals surface area contributed by atoms with Crippen LogP contribution in [0.2, 0.25) is 0 Å². The molecule has 0 heterocycles. The van der Waals surface area contributed by atoms with Gasteiger partial charge in [0, 0.05) is 25.1 Å². The molecular weight excluding hydrogens is 319 g/mol. The van der Waals surface area contributed by atoms with Crippen molar-refractivity contribution < 1.29 is 14.0 Å². The van der Waals surface area contributed by atoms with Crippen molar-refractivity contribution in [2.24, 2.45) is 0 Å². The molecule has 4 nitrogen and oxygen atoms in total. The van der Waals surface area contributed by atoms with Crippen molar-refractivity contribution >= 4 is 11.8 Å². The number of nitrogens with one attached hydrogen (secondary N) is 2. The fraction of sp³-hybridized carbons (Fsp3) is 0.300. The van der Waals surface area contributed by atoms with Crippen molar-refractivity contribution in [1.82, 2.24) is 10.6 Å². The van der Waals surface area contributed by atoms with Crippen LogP contribution in [-0.4, -0.2) is 24.9 Å². The molecule has 2 amide bonds. The van der Waals surface area contributed by atoms with E-state index in [-0.39, 0.29) is 17.4 Å². The molecule has 132 valence electrons. The Bertz CT molecular complexity index is 759. The molecule has 0 bridgehead atoms. The van der Waals surface area contributed by atoms with Crippen LogP contribution in [0.5, 0.6) is 0 Å². The summed E-state index contributed by atoms with van der Waals surface area (Å²) in [6, 6.07) is 12.4. The van der Waals surface area contributed by atoms with E-state index in [0.717, 1.165) is 5.56 Å². The molecule has 0 saturated heterocycles. The lowest BCUT2D eigenvalue weighted by Crippen LogP contribution is -2.34. The van der Waals surface area contributed by atoms with Crippen molar-refractivity contribution in [3.63, 3.8) is 0 Å². The lowest BCUT2D eigenvalue weighted by molar-refractivity contribution is -0.121. The van der Waals surface area contributed by atoms with Gasteiger partial charge in [-0.05, 0) is 43.5 Å². The van der Waals surface area contributed by atoms with Gasteiger partial charge in [0.2, 0.25) is 5.91 Å². The molecule has 2 N–H and O–H groups in total. The summed E-state index contributed by atoms with van der Waals surface area (Å²) in [5.41, 5.74) is 3.07. The normalized spacial score (nSPS) is 10.4. The predicted molar refractivity (Wildman–Crippen MR) is 96.0 cm³/mol. The smallest absolute Gasteiger partial charge is 0.251 e. The van der Waals surface area contributed by atoms with Gasteiger partial charge in [-0.3, -0.25) is 9.59 Å². The maximum Gasteiger partial charge on any atom is 0.251 e. The van der Waals surface area contributed by atoms with Gasteiger partial charge in [0.05, 0.1) is 0 Å². The monoisotopic (exact) mass is 342 g/mol. The van der Waals surface area contributed by atoms with Gasteiger partial charge in [0.15, 0.2) is 0 Å². The predicted octanol–water partition coefficient (Wildman–Crippen LogP) is 2.92. The van der Waals surface area contributed by atoms with E-state index in [0.29, 0.717) is 31.5 Å². The van der Waals surface area contributed by atoms with Crippen LogP contribution >= 0.6 is 0 Å². The zero-order valence-electron chi connectivity index (χ0n) is 14.6. The average Bonchev–Trinajstić information content (AvgIpc) is 2.59. The first-order valence-electron chi connectivity index (χ1n) is 8.32. The van der Waals surface area contributed by atoms with Gasteiger partial charge in [-0.1, -0.05) is 35.9 Å². The van der Waals surface area contributed by atoms with Gasteiger partial charge in [-0.15, -0.1) is 0 Å². The molecule has 0 atom stereocenters. The molecule has 0 aromatic heterocycles. The number of hydrogen-bond acceptors (Lipinski definition) is 2. The maximum atomic E-state index is 13.4. The summed E-state index contributed by atoms with van der Waals surface area (Å²) >= 11 is 0. The molecule has 0 saturated carbocycles. The lowest BCUT2D eigenvalue weighted by atomic mass is 10.1. The van der Waals surface area contributed by atoms with Crippen LogP contribution in [0.3, 0.4) is 0 Å². The molecule has 0 unspecified atom stereocenters. The average molecular weight is 342 g/mol. The van der Waals surface area contributed by atoms with Crippen molar-refractivity contribution in [2.75, 3.05) is 13.1 Å². The molecule has 2 rings (SSSR count). The highest BCUT2D eigenvalue weighted by atomic mass is 19.1. The molecule has 0 aliphatic carbocycles. The molecule has 0 aliphatic heterocycles. The van der Waals surface area contributed by atoms with Crippen LogP contribution in [0.4, 0.5) is 4.39 Å². The number of amides is 2. The third kappa shape index (κ3) is 6.03. The Morgan fingerprint density at radius 2 is 1.76 bits per heavy atom. The SMILES string of the molecule is Cc1cccc(CCC(=O)NCCNC(=O)c2ccc(C)c(F)c2)c1. The van der Waals surface area contributed by atoms with E-state index in [1.807, 2.05) is 25.1 Å². The van der Waals surface area contributed by atoms with Gasteiger partial charge in [-0.2, -0.15) is 0 Å². The third-order valence-electron chi connectivity index (χ3n) is 3.89. The van der Waals surface area contributed by atoms with Crippen molar-refractivity contribution in [3.8, 4) is 0 Å². The number of halogens is 1. The van der Waals surface area contributed by atoms with E-state index < -0.39 is 5.82 Å². The minimum absolute atomic E-state index is 0.0582. The molecule has 0 spiro atoms. The Morgan fingerprint density at radius 1 is 1.00 bits per heavy atom. The Balaban J connectivity index is 1.67. The first-order chi connectivity index (χ1) is 12.0. The highest BCUT2D eigenvalue weighted by molar-refractivity contribution is 5.94. The quantitative estimate of drug-likeness (QED) is 0.760. The van der Waals surface area contributed by atoms with Gasteiger partial charge < -0.3 is 10.6 Å². The van der Waals surface area contributed by atoms with E-state index in [4.69, 9.17) is 0 Å². The Morgan fingerprint density at radius 3 is 2.48 bits per heavy atom. The molecule has 0 radical (unpaired) electrons. The summed E-state index contributed by atoms with van der Waals surface area (Å²) in [7, 11) is 0. The fourth-order valence-corrected chi connectivity index (χ4v) is 2.43. The van der Waals surface area contributed by atoms with Gasteiger partial charge in [0.25, 0.3) is 5.91 Å². The molecule has 2 aromatic carbocycles. The Labute approximate surface area is 147 Å². The largest absolute Gasteiger partial charge is 0.354 e. The van der Waals surface area contributed by atoms with E-state index >= 15 is 0 Å². The molecule has 25 heavy (non-hydrogen) atoms. The van der Waals surface area contributed by atoms with Crippen molar-refractivity contribution in [3.05, 3.63) is 70.5 Å². The number of carbonyl (C=O) groups excluding carboxylic acids is 2. The summed E-state index contributed by atoms with van der Waals surface area (Å²) in [6.07, 6.45) is 1.09. The highest BCUT2D eigenvalue weighted by Crippen LogP contribution is 2.09. The summed E-state index contributed by atoms with van der Waals surface area (Å²) in [6.45, 7) is 4.30. The van der Waals surface area contributed by atoms with Gasteiger partial charge >= 0.3 is 0 Å². The lowest BCUT2D eigenvalue weighted by Gasteiger charge is -2.08. The molecule has 2 aromatic rings. The van der Waals surface area contributed by atoms with Crippen LogP contribution in [0.1, 0.15) is 33.5 Å². The summed E-state index contributed by atoms with van der Waals surface area (Å²) in [5, 5.41) is 5.43. The third-order valence-corrected chi connectivity index (χ3v) is 3.89. The number of carbonyl (C=O) groups is 2. The first-order valence-corrected chi connectivity index (χ1v) is 8.32. The van der Waals surface area contributed by atoms with Gasteiger partial charge in [0.1, 0.15) is 5.82 Å². The number of rotatable bonds is 7. The van der Waals surface area contributed by atoms with Crippen molar-refractivity contribution in [1.29, 1.82) is 0 Å². The second kappa shape index (κ2) is 8.97. The van der Waals surface area contributed by atoms with E-state index in [2.05, 4.69) is 16.7 Å². The minimum atomic E-state index is -0.405. The number of aryl methyl sites for hydroxylation is 3. The van der Waals surface area contributed by atoms with Crippen LogP contribution < -0.4 is 10.6 Å². The zero-order valence-corrected chi connectivity index (χ0v) is 14.6. The second-order valence-electron chi connectivity index (χ2n) is 6.06. The maximum absolute atomic E-state index is 13.4. The Hall–Kier alpha value is -2.69. The number of hydrogen-bond donors (Lipinski definition) is 2. The molecule has 5 heteroatoms. The van der Waals surface area contributed by atoms with Crippen molar-refractivity contribution in [2.45, 2.75) is 26.7 Å². The van der Waals surface area contributed by atoms with Crippen LogP contribution in [0, 0.1) is 19.7 Å². The second-order valence-corrected chi connectivity index (χ2v) is 6.06. The Kier molecular flexibility index (Phi) is 6.69.